The van der Waals surface area contributed by atoms with Crippen LogP contribution in [0.1, 0.15) is 24.8 Å². The zero-order chi connectivity index (χ0) is 12.1. The lowest BCUT2D eigenvalue weighted by Gasteiger charge is -2.11. The maximum Gasteiger partial charge on any atom is 0.248 e. The summed E-state index contributed by atoms with van der Waals surface area (Å²) in [5, 5.41) is 3.25. The van der Waals surface area contributed by atoms with E-state index >= 15 is 0 Å². The zero-order valence-electron chi connectivity index (χ0n) is 9.83. The SMILES string of the molecule is FC1(F)CCC(CNCCc2cccnc2)C1. The van der Waals surface area contributed by atoms with E-state index in [1.165, 1.54) is 5.56 Å². The Labute approximate surface area is 100 Å². The average Bonchev–Trinajstić information content (AvgIpc) is 2.66. The molecule has 1 aromatic rings. The number of rotatable bonds is 5. The molecule has 17 heavy (non-hydrogen) atoms. The highest BCUT2D eigenvalue weighted by atomic mass is 19.3. The van der Waals surface area contributed by atoms with Gasteiger partial charge in [-0.3, -0.25) is 4.98 Å². The molecule has 0 saturated heterocycles. The van der Waals surface area contributed by atoms with E-state index in [4.69, 9.17) is 0 Å². The van der Waals surface area contributed by atoms with Crippen LogP contribution in [0.2, 0.25) is 0 Å². The molecule has 0 amide bonds. The van der Waals surface area contributed by atoms with E-state index in [0.29, 0.717) is 13.0 Å². The summed E-state index contributed by atoms with van der Waals surface area (Å²) in [6, 6.07) is 3.94. The summed E-state index contributed by atoms with van der Waals surface area (Å²) in [7, 11) is 0. The van der Waals surface area contributed by atoms with Crippen LogP contribution in [-0.2, 0) is 6.42 Å². The van der Waals surface area contributed by atoms with Crippen LogP contribution in [0.4, 0.5) is 8.78 Å². The fourth-order valence-corrected chi connectivity index (χ4v) is 2.30. The van der Waals surface area contributed by atoms with Crippen LogP contribution in [0, 0.1) is 5.92 Å². The molecule has 0 bridgehead atoms. The van der Waals surface area contributed by atoms with Crippen molar-refractivity contribution in [1.29, 1.82) is 0 Å². The summed E-state index contributed by atoms with van der Waals surface area (Å²) in [4.78, 5) is 4.03. The molecule has 1 fully saturated rings. The fraction of sp³-hybridized carbons (Fsp3) is 0.615. The highest BCUT2D eigenvalue weighted by Crippen LogP contribution is 2.38. The Balaban J connectivity index is 1.61. The van der Waals surface area contributed by atoms with E-state index in [2.05, 4.69) is 10.3 Å². The molecule has 1 aliphatic carbocycles. The summed E-state index contributed by atoms with van der Waals surface area (Å²) < 4.78 is 25.9. The maximum absolute atomic E-state index is 12.9. The predicted octanol–water partition coefficient (Wildman–Crippen LogP) is 2.65. The predicted molar refractivity (Wildman–Crippen MR) is 63.1 cm³/mol. The summed E-state index contributed by atoms with van der Waals surface area (Å²) in [6.07, 6.45) is 5.24. The molecule has 1 aromatic heterocycles. The molecule has 1 saturated carbocycles. The lowest BCUT2D eigenvalue weighted by molar-refractivity contribution is 0.00510. The first-order valence-corrected chi connectivity index (χ1v) is 6.13. The van der Waals surface area contributed by atoms with Gasteiger partial charge < -0.3 is 5.32 Å². The van der Waals surface area contributed by atoms with E-state index in [1.54, 1.807) is 6.20 Å². The monoisotopic (exact) mass is 240 g/mol. The minimum absolute atomic E-state index is 0.0485. The molecule has 1 heterocycles. The van der Waals surface area contributed by atoms with Gasteiger partial charge in [0.1, 0.15) is 0 Å². The summed E-state index contributed by atoms with van der Waals surface area (Å²) in [6.45, 7) is 1.53. The van der Waals surface area contributed by atoms with Crippen molar-refractivity contribution in [2.75, 3.05) is 13.1 Å². The number of alkyl halides is 2. The van der Waals surface area contributed by atoms with Gasteiger partial charge >= 0.3 is 0 Å². The molecule has 2 rings (SSSR count). The zero-order valence-corrected chi connectivity index (χ0v) is 9.83. The van der Waals surface area contributed by atoms with E-state index in [9.17, 15) is 8.78 Å². The number of aromatic nitrogens is 1. The molecule has 2 nitrogen and oxygen atoms in total. The molecule has 1 atom stereocenters. The van der Waals surface area contributed by atoms with Gasteiger partial charge in [0.05, 0.1) is 0 Å². The molecule has 0 spiro atoms. The van der Waals surface area contributed by atoms with Crippen molar-refractivity contribution in [2.24, 2.45) is 5.92 Å². The number of nitrogens with one attached hydrogen (secondary N) is 1. The standard InChI is InChI=1S/C13H18F2N2/c14-13(15)5-3-12(8-13)10-17-7-4-11-2-1-6-16-9-11/h1-2,6,9,12,17H,3-5,7-8,10H2. The number of hydrogen-bond acceptors (Lipinski definition) is 2. The van der Waals surface area contributed by atoms with Crippen LogP contribution in [0.3, 0.4) is 0 Å². The first-order valence-electron chi connectivity index (χ1n) is 6.13. The van der Waals surface area contributed by atoms with Crippen LogP contribution < -0.4 is 5.32 Å². The van der Waals surface area contributed by atoms with E-state index in [-0.39, 0.29) is 18.8 Å². The Hall–Kier alpha value is -1.03. The highest BCUT2D eigenvalue weighted by Gasteiger charge is 2.38. The van der Waals surface area contributed by atoms with Crippen molar-refractivity contribution >= 4 is 0 Å². The molecule has 0 radical (unpaired) electrons. The first kappa shape index (κ1) is 12.4. The van der Waals surface area contributed by atoms with Gasteiger partial charge in [-0.25, -0.2) is 8.78 Å². The Morgan fingerprint density at radius 2 is 2.35 bits per heavy atom. The van der Waals surface area contributed by atoms with Gasteiger partial charge in [0.25, 0.3) is 0 Å². The second kappa shape index (κ2) is 5.54. The van der Waals surface area contributed by atoms with Crippen LogP contribution in [0.25, 0.3) is 0 Å². The van der Waals surface area contributed by atoms with Gasteiger partial charge in [-0.05, 0) is 43.5 Å². The van der Waals surface area contributed by atoms with Gasteiger partial charge in [-0.2, -0.15) is 0 Å². The Morgan fingerprint density at radius 3 is 3.00 bits per heavy atom. The molecule has 0 aromatic carbocycles. The Morgan fingerprint density at radius 1 is 1.47 bits per heavy atom. The van der Waals surface area contributed by atoms with Gasteiger partial charge in [0.15, 0.2) is 0 Å². The Kier molecular flexibility index (Phi) is 4.05. The molecule has 1 N–H and O–H groups in total. The maximum atomic E-state index is 12.9. The minimum Gasteiger partial charge on any atom is -0.316 e. The molecular weight excluding hydrogens is 222 g/mol. The van der Waals surface area contributed by atoms with Crippen molar-refractivity contribution in [1.82, 2.24) is 10.3 Å². The summed E-state index contributed by atoms with van der Waals surface area (Å²) in [5.41, 5.74) is 1.18. The van der Waals surface area contributed by atoms with Crippen LogP contribution in [-0.4, -0.2) is 24.0 Å². The van der Waals surface area contributed by atoms with Crippen molar-refractivity contribution in [3.8, 4) is 0 Å². The molecular formula is C13H18F2N2. The van der Waals surface area contributed by atoms with Gasteiger partial charge in [0.2, 0.25) is 5.92 Å². The van der Waals surface area contributed by atoms with Crippen molar-refractivity contribution < 1.29 is 8.78 Å². The highest BCUT2D eigenvalue weighted by molar-refractivity contribution is 5.08. The number of pyridine rings is 1. The topological polar surface area (TPSA) is 24.9 Å². The normalized spacial score (nSPS) is 22.8. The van der Waals surface area contributed by atoms with Crippen LogP contribution in [0.5, 0.6) is 0 Å². The van der Waals surface area contributed by atoms with Crippen molar-refractivity contribution in [3.63, 3.8) is 0 Å². The number of nitrogens with zero attached hydrogens (tertiary/aromatic N) is 1. The third kappa shape index (κ3) is 4.04. The molecule has 0 aliphatic heterocycles. The van der Waals surface area contributed by atoms with Crippen LogP contribution >= 0.6 is 0 Å². The van der Waals surface area contributed by atoms with E-state index in [1.807, 2.05) is 18.3 Å². The van der Waals surface area contributed by atoms with Gasteiger partial charge in [-0.1, -0.05) is 6.07 Å². The molecule has 1 aliphatic rings. The first-order chi connectivity index (χ1) is 8.16. The minimum atomic E-state index is -2.42. The molecule has 4 heteroatoms. The van der Waals surface area contributed by atoms with Crippen molar-refractivity contribution in [2.45, 2.75) is 31.6 Å². The van der Waals surface area contributed by atoms with Gasteiger partial charge in [-0.15, -0.1) is 0 Å². The van der Waals surface area contributed by atoms with E-state index in [0.717, 1.165) is 13.0 Å². The number of halogens is 2. The lowest BCUT2D eigenvalue weighted by atomic mass is 10.1. The molecule has 1 unspecified atom stereocenters. The third-order valence-electron chi connectivity index (χ3n) is 3.25. The smallest absolute Gasteiger partial charge is 0.248 e. The largest absolute Gasteiger partial charge is 0.316 e. The van der Waals surface area contributed by atoms with Crippen LogP contribution in [0.15, 0.2) is 24.5 Å². The fourth-order valence-electron chi connectivity index (χ4n) is 2.30. The Bertz CT molecular complexity index is 341. The second-order valence-electron chi connectivity index (χ2n) is 4.78. The van der Waals surface area contributed by atoms with Gasteiger partial charge in [0, 0.05) is 25.2 Å². The van der Waals surface area contributed by atoms with E-state index < -0.39 is 5.92 Å². The summed E-state index contributed by atoms with van der Waals surface area (Å²) >= 11 is 0. The number of hydrogen-bond donors (Lipinski definition) is 1. The molecule has 94 valence electrons. The second-order valence-corrected chi connectivity index (χ2v) is 4.78. The lowest BCUT2D eigenvalue weighted by Crippen LogP contribution is -2.24. The quantitative estimate of drug-likeness (QED) is 0.800. The average molecular weight is 240 g/mol. The summed E-state index contributed by atoms with van der Waals surface area (Å²) in [5.74, 6) is -2.28. The van der Waals surface area contributed by atoms with Crippen molar-refractivity contribution in [3.05, 3.63) is 30.1 Å². The third-order valence-corrected chi connectivity index (χ3v) is 3.25.